The van der Waals surface area contributed by atoms with Gasteiger partial charge in [0.05, 0.1) is 11.7 Å². The second-order valence-corrected chi connectivity index (χ2v) is 7.95. The largest absolute Gasteiger partial charge is 0.459 e. The Kier molecular flexibility index (Phi) is 7.38. The van der Waals surface area contributed by atoms with E-state index in [9.17, 15) is 4.79 Å². The summed E-state index contributed by atoms with van der Waals surface area (Å²) in [5, 5.41) is 0. The second kappa shape index (κ2) is 7.79. The van der Waals surface area contributed by atoms with Gasteiger partial charge in [-0.3, -0.25) is 0 Å². The van der Waals surface area contributed by atoms with Crippen LogP contribution in [-0.2, 0) is 9.53 Å². The number of carbonyl (C=O) groups is 1. The minimum atomic E-state index is -0.252. The molecule has 1 aliphatic rings. The fraction of sp³-hybridized carbons (Fsp3) is 0.722. The van der Waals surface area contributed by atoms with E-state index in [0.29, 0.717) is 11.0 Å². The lowest BCUT2D eigenvalue weighted by atomic mass is 9.77. The summed E-state index contributed by atoms with van der Waals surface area (Å²) in [6, 6.07) is 0.0719. The van der Waals surface area contributed by atoms with Crippen molar-refractivity contribution in [3.8, 4) is 0 Å². The topological polar surface area (TPSA) is 52.3 Å². The van der Waals surface area contributed by atoms with Crippen LogP contribution < -0.4 is 5.73 Å². The third kappa shape index (κ3) is 8.71. The summed E-state index contributed by atoms with van der Waals surface area (Å²) < 4.78 is 5.13. The normalized spacial score (nSPS) is 23.0. The fourth-order valence-corrected chi connectivity index (χ4v) is 1.52. The van der Waals surface area contributed by atoms with Gasteiger partial charge < -0.3 is 10.5 Å². The van der Waals surface area contributed by atoms with E-state index in [0.717, 1.165) is 6.42 Å². The molecule has 0 fully saturated rings. The fourth-order valence-electron chi connectivity index (χ4n) is 1.52. The number of carbonyl (C=O) groups excluding carboxylic acids is 1. The molecule has 2 N–H and O–H groups in total. The van der Waals surface area contributed by atoms with Crippen molar-refractivity contribution in [2.75, 3.05) is 0 Å². The van der Waals surface area contributed by atoms with Crippen molar-refractivity contribution in [2.24, 2.45) is 16.6 Å². The van der Waals surface area contributed by atoms with Gasteiger partial charge in [0.1, 0.15) is 0 Å². The Bertz CT molecular complexity index is 394. The molecule has 1 rings (SSSR count). The molecule has 21 heavy (non-hydrogen) atoms. The lowest BCUT2D eigenvalue weighted by Gasteiger charge is -2.31. The van der Waals surface area contributed by atoms with E-state index < -0.39 is 0 Å². The van der Waals surface area contributed by atoms with E-state index in [2.05, 4.69) is 34.6 Å². The molecule has 1 aliphatic carbocycles. The maximum atomic E-state index is 11.6. The molecule has 0 saturated carbocycles. The highest BCUT2D eigenvalue weighted by Crippen LogP contribution is 2.32. The van der Waals surface area contributed by atoms with Gasteiger partial charge in [0.25, 0.3) is 0 Å². The molecule has 3 heteroatoms. The summed E-state index contributed by atoms with van der Waals surface area (Å²) >= 11 is 0. The Morgan fingerprint density at radius 1 is 1.29 bits per heavy atom. The van der Waals surface area contributed by atoms with Crippen molar-refractivity contribution >= 4 is 5.97 Å². The van der Waals surface area contributed by atoms with Crippen LogP contribution in [0.3, 0.4) is 0 Å². The molecule has 3 nitrogen and oxygen atoms in total. The van der Waals surface area contributed by atoms with E-state index in [4.69, 9.17) is 10.5 Å². The number of rotatable bonds is 3. The third-order valence-electron chi connectivity index (χ3n) is 3.02. The van der Waals surface area contributed by atoms with E-state index in [1.165, 1.54) is 0 Å². The molecule has 0 radical (unpaired) electrons. The molecule has 2 unspecified atom stereocenters. The van der Waals surface area contributed by atoms with Crippen LogP contribution in [0, 0.1) is 10.8 Å². The average molecular weight is 295 g/mol. The number of allylic oxidation sites excluding steroid dienone is 1. The highest BCUT2D eigenvalue weighted by Gasteiger charge is 2.28. The van der Waals surface area contributed by atoms with Gasteiger partial charge in [-0.2, -0.15) is 0 Å². The van der Waals surface area contributed by atoms with Crippen LogP contribution in [0.25, 0.3) is 0 Å². The third-order valence-corrected chi connectivity index (χ3v) is 3.02. The first-order valence-electron chi connectivity index (χ1n) is 7.71. The summed E-state index contributed by atoms with van der Waals surface area (Å²) in [4.78, 5) is 11.6. The Morgan fingerprint density at radius 3 is 2.05 bits per heavy atom. The number of esters is 1. The minimum absolute atomic E-state index is 0.0540. The van der Waals surface area contributed by atoms with Crippen LogP contribution in [0.5, 0.6) is 0 Å². The number of ether oxygens (including phenoxy) is 1. The highest BCUT2D eigenvalue weighted by molar-refractivity contribution is 5.92. The van der Waals surface area contributed by atoms with Crippen molar-refractivity contribution in [1.82, 2.24) is 0 Å². The first-order valence-corrected chi connectivity index (χ1v) is 7.71. The van der Waals surface area contributed by atoms with E-state index >= 15 is 0 Å². The zero-order chi connectivity index (χ0) is 16.8. The zero-order valence-electron chi connectivity index (χ0n) is 15.0. The van der Waals surface area contributed by atoms with Gasteiger partial charge in [-0.05, 0) is 32.6 Å². The molecule has 0 aromatic rings. The summed E-state index contributed by atoms with van der Waals surface area (Å²) in [6.45, 7) is 16.5. The first-order chi connectivity index (χ1) is 9.35. The molecule has 0 aliphatic heterocycles. The summed E-state index contributed by atoms with van der Waals surface area (Å²) in [5.74, 6) is -0.252. The van der Waals surface area contributed by atoms with E-state index in [1.807, 2.05) is 39.0 Å². The minimum Gasteiger partial charge on any atom is -0.459 e. The van der Waals surface area contributed by atoms with Crippen molar-refractivity contribution in [3.05, 3.63) is 23.8 Å². The summed E-state index contributed by atoms with van der Waals surface area (Å²) in [5.41, 5.74) is 6.98. The summed E-state index contributed by atoms with van der Waals surface area (Å²) in [7, 11) is 0. The molecular weight excluding hydrogens is 262 g/mol. The van der Waals surface area contributed by atoms with Gasteiger partial charge in [0.2, 0.25) is 0 Å². The number of hydrogen-bond donors (Lipinski definition) is 1. The lowest BCUT2D eigenvalue weighted by Crippen LogP contribution is -2.36. The SMILES string of the molecule is CC(C)(C)C.CC(C)OC(=O)C1=CCC(C)(C(C)N)C=C1. The predicted octanol–water partition coefficient (Wildman–Crippen LogP) is 4.23. The van der Waals surface area contributed by atoms with Gasteiger partial charge in [0, 0.05) is 11.5 Å². The molecule has 0 heterocycles. The Hall–Kier alpha value is -1.09. The Morgan fingerprint density at radius 2 is 1.76 bits per heavy atom. The van der Waals surface area contributed by atoms with Crippen LogP contribution in [-0.4, -0.2) is 18.1 Å². The monoisotopic (exact) mass is 295 g/mol. The summed E-state index contributed by atoms with van der Waals surface area (Å²) in [6.07, 6.45) is 6.44. The molecule has 0 aromatic heterocycles. The molecular formula is C18H33NO2. The predicted molar refractivity (Wildman–Crippen MR) is 90.0 cm³/mol. The molecule has 0 bridgehead atoms. The van der Waals surface area contributed by atoms with Crippen LogP contribution in [0.4, 0.5) is 0 Å². The highest BCUT2D eigenvalue weighted by atomic mass is 16.5. The van der Waals surface area contributed by atoms with Crippen LogP contribution in [0.1, 0.15) is 61.8 Å². The Labute approximate surface area is 130 Å². The van der Waals surface area contributed by atoms with E-state index in [-0.39, 0.29) is 23.5 Å². The smallest absolute Gasteiger partial charge is 0.338 e. The number of hydrogen-bond acceptors (Lipinski definition) is 3. The molecule has 2 atom stereocenters. The van der Waals surface area contributed by atoms with Gasteiger partial charge in [-0.15, -0.1) is 0 Å². The van der Waals surface area contributed by atoms with Crippen molar-refractivity contribution in [1.29, 1.82) is 0 Å². The van der Waals surface area contributed by atoms with Gasteiger partial charge in [0.15, 0.2) is 0 Å². The standard InChI is InChI=1S/C13H21NO2.C5H12/c1-9(2)16-12(15)11-5-7-13(4,8-6-11)10(3)14;1-5(2,3)4/h5-7,9-10H,8,14H2,1-4H3;1-4H3. The van der Waals surface area contributed by atoms with Crippen molar-refractivity contribution in [3.63, 3.8) is 0 Å². The molecule has 0 amide bonds. The van der Waals surface area contributed by atoms with Crippen LogP contribution in [0.15, 0.2) is 23.8 Å². The molecule has 122 valence electrons. The van der Waals surface area contributed by atoms with Gasteiger partial charge in [-0.25, -0.2) is 4.79 Å². The number of nitrogens with two attached hydrogens (primary N) is 1. The molecule has 0 aromatic carbocycles. The molecule has 0 saturated heterocycles. The van der Waals surface area contributed by atoms with Crippen molar-refractivity contribution in [2.45, 2.75) is 74.0 Å². The van der Waals surface area contributed by atoms with Crippen LogP contribution in [0.2, 0.25) is 0 Å². The first kappa shape index (κ1) is 19.9. The van der Waals surface area contributed by atoms with Gasteiger partial charge in [-0.1, -0.05) is 52.8 Å². The molecule has 0 spiro atoms. The maximum absolute atomic E-state index is 11.6. The van der Waals surface area contributed by atoms with Crippen LogP contribution >= 0.6 is 0 Å². The quantitative estimate of drug-likeness (QED) is 0.793. The maximum Gasteiger partial charge on any atom is 0.338 e. The van der Waals surface area contributed by atoms with Gasteiger partial charge >= 0.3 is 5.97 Å². The Balaban J connectivity index is 0.000000690. The zero-order valence-corrected chi connectivity index (χ0v) is 15.0. The second-order valence-electron chi connectivity index (χ2n) is 7.95. The van der Waals surface area contributed by atoms with Crippen molar-refractivity contribution < 1.29 is 9.53 Å². The van der Waals surface area contributed by atoms with E-state index in [1.54, 1.807) is 0 Å². The average Bonchev–Trinajstić information content (AvgIpc) is 2.26. The lowest BCUT2D eigenvalue weighted by molar-refractivity contribution is -0.142.